The topological polar surface area (TPSA) is 62.9 Å². The molecule has 0 spiro atoms. The van der Waals surface area contributed by atoms with E-state index in [0.29, 0.717) is 12.2 Å². The summed E-state index contributed by atoms with van der Waals surface area (Å²) in [6.45, 7) is 0. The van der Waals surface area contributed by atoms with Crippen molar-refractivity contribution in [3.05, 3.63) is 45.5 Å². The Morgan fingerprint density at radius 1 is 1.45 bits per heavy atom. The molecule has 0 bridgehead atoms. The van der Waals surface area contributed by atoms with Crippen molar-refractivity contribution in [2.24, 2.45) is 5.10 Å². The number of furan rings is 1. The molecular weight excluding hydrogens is 320 g/mol. The predicted molar refractivity (Wildman–Crippen MR) is 78.6 cm³/mol. The van der Waals surface area contributed by atoms with Gasteiger partial charge in [0.15, 0.2) is 5.22 Å². The molecule has 8 heteroatoms. The lowest BCUT2D eigenvalue weighted by molar-refractivity contribution is 0.322. The Morgan fingerprint density at radius 2 is 2.25 bits per heavy atom. The average Bonchev–Trinajstić information content (AvgIpc) is 3.06. The van der Waals surface area contributed by atoms with Gasteiger partial charge in [-0.1, -0.05) is 0 Å². The van der Waals surface area contributed by atoms with Crippen LogP contribution >= 0.6 is 22.9 Å². The van der Waals surface area contributed by atoms with E-state index in [4.69, 9.17) is 16.0 Å². The molecule has 1 unspecified atom stereocenters. The number of hydrogen-bond acceptors (Lipinski definition) is 5. The Balaban J connectivity index is 2.00. The minimum Gasteiger partial charge on any atom is -0.447 e. The van der Waals surface area contributed by atoms with Crippen molar-refractivity contribution in [1.82, 2.24) is 4.41 Å². The van der Waals surface area contributed by atoms with Gasteiger partial charge in [-0.25, -0.2) is 8.42 Å². The van der Waals surface area contributed by atoms with Crippen LogP contribution in [0, 0.1) is 0 Å². The molecule has 0 aliphatic carbocycles. The number of sulfonamides is 1. The number of halogens is 1. The van der Waals surface area contributed by atoms with E-state index in [0.717, 1.165) is 21.9 Å². The van der Waals surface area contributed by atoms with Crippen LogP contribution in [-0.4, -0.2) is 24.8 Å². The Labute approximate surface area is 125 Å². The summed E-state index contributed by atoms with van der Waals surface area (Å²) < 4.78 is 30.2. The number of thiophene rings is 1. The Bertz CT molecular complexity index is 750. The number of hydrogen-bond donors (Lipinski definition) is 0. The smallest absolute Gasteiger partial charge is 0.247 e. The Kier molecular flexibility index (Phi) is 3.35. The summed E-state index contributed by atoms with van der Waals surface area (Å²) in [5, 5.41) is 8.34. The van der Waals surface area contributed by atoms with Crippen molar-refractivity contribution in [3.63, 3.8) is 0 Å². The zero-order valence-electron chi connectivity index (χ0n) is 10.5. The lowest BCUT2D eigenvalue weighted by Crippen LogP contribution is -2.25. The molecule has 0 aromatic carbocycles. The molecule has 5 nitrogen and oxygen atoms in total. The fourth-order valence-electron chi connectivity index (χ4n) is 2.12. The first-order chi connectivity index (χ1) is 9.45. The summed E-state index contributed by atoms with van der Waals surface area (Å²) in [5.41, 5.74) is 1.66. The third kappa shape index (κ3) is 2.48. The largest absolute Gasteiger partial charge is 0.447 e. The average molecular weight is 331 g/mol. The minimum atomic E-state index is -3.47. The zero-order chi connectivity index (χ0) is 14.3. The van der Waals surface area contributed by atoms with Gasteiger partial charge in [-0.3, -0.25) is 0 Å². The van der Waals surface area contributed by atoms with Crippen molar-refractivity contribution in [2.45, 2.75) is 12.5 Å². The lowest BCUT2D eigenvalue weighted by atomic mass is 10.1. The van der Waals surface area contributed by atoms with Crippen molar-refractivity contribution in [3.8, 4) is 0 Å². The molecule has 1 atom stereocenters. The molecule has 0 fully saturated rings. The van der Waals surface area contributed by atoms with Gasteiger partial charge in [0.2, 0.25) is 10.0 Å². The highest BCUT2D eigenvalue weighted by atomic mass is 35.5. The van der Waals surface area contributed by atoms with E-state index < -0.39 is 16.1 Å². The van der Waals surface area contributed by atoms with Crippen LogP contribution in [0.5, 0.6) is 0 Å². The van der Waals surface area contributed by atoms with E-state index in [1.807, 2.05) is 16.8 Å². The molecule has 1 aliphatic heterocycles. The maximum Gasteiger partial charge on any atom is 0.247 e. The van der Waals surface area contributed by atoms with Gasteiger partial charge in [-0.05, 0) is 40.6 Å². The molecule has 3 heterocycles. The SMILES string of the molecule is CS(=O)(=O)N1N=C(c2ccsc2)CC1c1ccc(Cl)o1. The van der Waals surface area contributed by atoms with Gasteiger partial charge in [0.1, 0.15) is 11.8 Å². The molecule has 0 saturated carbocycles. The summed E-state index contributed by atoms with van der Waals surface area (Å²) in [5.74, 6) is 0.495. The highest BCUT2D eigenvalue weighted by molar-refractivity contribution is 7.88. The third-order valence-corrected chi connectivity index (χ3v) is 4.89. The second-order valence-corrected chi connectivity index (χ2v) is 7.45. The molecular formula is C12H11ClN2O3S2. The highest BCUT2D eigenvalue weighted by Crippen LogP contribution is 2.36. The molecule has 0 radical (unpaired) electrons. The first-order valence-electron chi connectivity index (χ1n) is 5.80. The summed E-state index contributed by atoms with van der Waals surface area (Å²) >= 11 is 7.31. The van der Waals surface area contributed by atoms with E-state index in [1.165, 1.54) is 0 Å². The second kappa shape index (κ2) is 4.91. The molecule has 3 rings (SSSR count). The molecule has 0 saturated heterocycles. The van der Waals surface area contributed by atoms with E-state index in [9.17, 15) is 8.42 Å². The van der Waals surface area contributed by atoms with Crippen molar-refractivity contribution < 1.29 is 12.8 Å². The van der Waals surface area contributed by atoms with Crippen LogP contribution in [0.3, 0.4) is 0 Å². The maximum atomic E-state index is 11.9. The van der Waals surface area contributed by atoms with Crippen LogP contribution in [0.2, 0.25) is 5.22 Å². The van der Waals surface area contributed by atoms with Crippen LogP contribution in [-0.2, 0) is 10.0 Å². The summed E-state index contributed by atoms with van der Waals surface area (Å²) in [4.78, 5) is 0. The molecule has 20 heavy (non-hydrogen) atoms. The molecule has 2 aromatic rings. The zero-order valence-corrected chi connectivity index (χ0v) is 12.9. The highest BCUT2D eigenvalue weighted by Gasteiger charge is 2.36. The Hall–Kier alpha value is -1.31. The standard InChI is InChI=1S/C12H11ClN2O3S2/c1-20(16,17)15-10(11-2-3-12(13)18-11)6-9(14-15)8-4-5-19-7-8/h2-5,7,10H,6H2,1H3. The molecule has 106 valence electrons. The minimum absolute atomic E-state index is 0.234. The van der Waals surface area contributed by atoms with Crippen LogP contribution in [0.15, 0.2) is 38.5 Å². The van der Waals surface area contributed by atoms with Crippen molar-refractivity contribution in [1.29, 1.82) is 0 Å². The summed E-state index contributed by atoms with van der Waals surface area (Å²) in [6.07, 6.45) is 1.60. The second-order valence-electron chi connectivity index (χ2n) is 4.46. The van der Waals surface area contributed by atoms with Gasteiger partial charge in [-0.2, -0.15) is 20.9 Å². The maximum absolute atomic E-state index is 11.9. The first-order valence-corrected chi connectivity index (χ1v) is 8.97. The molecule has 1 aliphatic rings. The monoisotopic (exact) mass is 330 g/mol. The first kappa shape index (κ1) is 13.7. The number of rotatable bonds is 3. The molecule has 0 N–H and O–H groups in total. The van der Waals surface area contributed by atoms with Crippen LogP contribution < -0.4 is 0 Å². The van der Waals surface area contributed by atoms with Crippen LogP contribution in [0.1, 0.15) is 23.8 Å². The fraction of sp³-hybridized carbons (Fsp3) is 0.250. The lowest BCUT2D eigenvalue weighted by Gasteiger charge is -2.18. The van der Waals surface area contributed by atoms with Crippen LogP contribution in [0.25, 0.3) is 0 Å². The quantitative estimate of drug-likeness (QED) is 0.868. The van der Waals surface area contributed by atoms with E-state index >= 15 is 0 Å². The van der Waals surface area contributed by atoms with Crippen molar-refractivity contribution in [2.75, 3.05) is 6.26 Å². The summed E-state index contributed by atoms with van der Waals surface area (Å²) in [7, 11) is -3.47. The van der Waals surface area contributed by atoms with Gasteiger partial charge < -0.3 is 4.42 Å². The third-order valence-electron chi connectivity index (χ3n) is 2.99. The van der Waals surface area contributed by atoms with Gasteiger partial charge >= 0.3 is 0 Å². The van der Waals surface area contributed by atoms with E-state index in [2.05, 4.69) is 5.10 Å². The number of nitrogens with zero attached hydrogens (tertiary/aromatic N) is 2. The van der Waals surface area contributed by atoms with Crippen LogP contribution in [0.4, 0.5) is 0 Å². The Morgan fingerprint density at radius 3 is 2.80 bits per heavy atom. The van der Waals surface area contributed by atoms with Crippen molar-refractivity contribution >= 4 is 38.7 Å². The normalized spacial score (nSPS) is 19.4. The van der Waals surface area contributed by atoms with Gasteiger partial charge in [0.25, 0.3) is 0 Å². The molecule has 0 amide bonds. The number of hydrazone groups is 1. The van der Waals surface area contributed by atoms with Gasteiger partial charge in [0.05, 0.1) is 12.0 Å². The van der Waals surface area contributed by atoms with E-state index in [-0.39, 0.29) is 5.22 Å². The van der Waals surface area contributed by atoms with Gasteiger partial charge in [-0.15, -0.1) is 0 Å². The van der Waals surface area contributed by atoms with Gasteiger partial charge in [0, 0.05) is 12.0 Å². The predicted octanol–water partition coefficient (Wildman–Crippen LogP) is 3.11. The fourth-order valence-corrected chi connectivity index (χ4v) is 3.82. The summed E-state index contributed by atoms with van der Waals surface area (Å²) in [6, 6.07) is 4.71. The van der Waals surface area contributed by atoms with E-state index in [1.54, 1.807) is 23.5 Å². The molecule has 2 aromatic heterocycles.